The van der Waals surface area contributed by atoms with Crippen molar-refractivity contribution >= 4 is 5.91 Å². The number of nitrogens with two attached hydrogens (primary N) is 1. The maximum atomic E-state index is 11.7. The van der Waals surface area contributed by atoms with Crippen LogP contribution in [0.15, 0.2) is 0 Å². The minimum absolute atomic E-state index is 0.236. The summed E-state index contributed by atoms with van der Waals surface area (Å²) in [6.45, 7) is 4.90. The lowest BCUT2D eigenvalue weighted by Crippen LogP contribution is -2.56. The summed E-state index contributed by atoms with van der Waals surface area (Å²) < 4.78 is 5.43. The van der Waals surface area contributed by atoms with Gasteiger partial charge in [-0.05, 0) is 45.6 Å². The van der Waals surface area contributed by atoms with E-state index in [0.29, 0.717) is 12.1 Å². The standard InChI is InChI=1S/C14H27N3O2/c1-14(13(15)18,16-11-5-6-11)7-9-17-8-3-4-12(10-17)19-2/h11-12,16H,3-10H2,1-2H3,(H2,15,18). The number of hydrogen-bond donors (Lipinski definition) is 2. The Morgan fingerprint density at radius 3 is 2.79 bits per heavy atom. The molecule has 1 aliphatic carbocycles. The molecule has 0 aromatic heterocycles. The molecule has 1 heterocycles. The van der Waals surface area contributed by atoms with Crippen molar-refractivity contribution in [1.82, 2.24) is 10.2 Å². The van der Waals surface area contributed by atoms with E-state index in [0.717, 1.165) is 32.5 Å². The van der Waals surface area contributed by atoms with Crippen molar-refractivity contribution in [3.63, 3.8) is 0 Å². The average molecular weight is 269 g/mol. The lowest BCUT2D eigenvalue weighted by Gasteiger charge is -2.35. The number of nitrogens with zero attached hydrogens (tertiary/aromatic N) is 1. The largest absolute Gasteiger partial charge is 0.380 e. The van der Waals surface area contributed by atoms with Crippen molar-refractivity contribution in [2.45, 2.75) is 56.7 Å². The first kappa shape index (κ1) is 14.8. The third kappa shape index (κ3) is 4.16. The van der Waals surface area contributed by atoms with Gasteiger partial charge in [0.2, 0.25) is 5.91 Å². The Balaban J connectivity index is 1.82. The van der Waals surface area contributed by atoms with Gasteiger partial charge in [0, 0.05) is 26.2 Å². The molecule has 19 heavy (non-hydrogen) atoms. The summed E-state index contributed by atoms with van der Waals surface area (Å²) in [4.78, 5) is 14.1. The molecule has 1 saturated carbocycles. The molecule has 3 N–H and O–H groups in total. The molecule has 2 aliphatic rings. The van der Waals surface area contributed by atoms with E-state index in [-0.39, 0.29) is 5.91 Å². The molecule has 2 rings (SSSR count). The van der Waals surface area contributed by atoms with E-state index < -0.39 is 5.54 Å². The van der Waals surface area contributed by atoms with Gasteiger partial charge in [-0.25, -0.2) is 0 Å². The maximum Gasteiger partial charge on any atom is 0.237 e. The fourth-order valence-electron chi connectivity index (χ4n) is 2.74. The van der Waals surface area contributed by atoms with E-state index in [1.54, 1.807) is 7.11 Å². The van der Waals surface area contributed by atoms with Crippen LogP contribution in [0.1, 0.15) is 39.0 Å². The van der Waals surface area contributed by atoms with E-state index in [9.17, 15) is 4.79 Å². The van der Waals surface area contributed by atoms with Gasteiger partial charge in [-0.2, -0.15) is 0 Å². The summed E-state index contributed by atoms with van der Waals surface area (Å²) in [5, 5.41) is 3.40. The zero-order valence-electron chi connectivity index (χ0n) is 12.2. The second kappa shape index (κ2) is 6.20. The Kier molecular flexibility index (Phi) is 4.81. The minimum Gasteiger partial charge on any atom is -0.380 e. The Morgan fingerprint density at radius 2 is 2.21 bits per heavy atom. The van der Waals surface area contributed by atoms with Gasteiger partial charge in [0.05, 0.1) is 11.6 Å². The molecule has 0 bridgehead atoms. The Bertz CT molecular complexity index is 320. The van der Waals surface area contributed by atoms with Crippen molar-refractivity contribution in [2.75, 3.05) is 26.7 Å². The van der Waals surface area contributed by atoms with Gasteiger partial charge in [-0.3, -0.25) is 4.79 Å². The van der Waals surface area contributed by atoms with Crippen LogP contribution in [0.25, 0.3) is 0 Å². The highest BCUT2D eigenvalue weighted by Crippen LogP contribution is 2.24. The first-order valence-electron chi connectivity index (χ1n) is 7.36. The van der Waals surface area contributed by atoms with Gasteiger partial charge >= 0.3 is 0 Å². The zero-order chi connectivity index (χ0) is 13.9. The summed E-state index contributed by atoms with van der Waals surface area (Å²) >= 11 is 0. The fraction of sp³-hybridized carbons (Fsp3) is 0.929. The predicted molar refractivity (Wildman–Crippen MR) is 74.8 cm³/mol. The van der Waals surface area contributed by atoms with Crippen molar-refractivity contribution in [3.05, 3.63) is 0 Å². The third-order valence-corrected chi connectivity index (χ3v) is 4.37. The van der Waals surface area contributed by atoms with E-state index in [2.05, 4.69) is 10.2 Å². The number of carbonyl (C=O) groups excluding carboxylic acids is 1. The minimum atomic E-state index is -0.568. The van der Waals surface area contributed by atoms with E-state index in [4.69, 9.17) is 10.5 Å². The van der Waals surface area contributed by atoms with Crippen LogP contribution in [0.5, 0.6) is 0 Å². The van der Waals surface area contributed by atoms with Crippen LogP contribution in [0, 0.1) is 0 Å². The molecule has 1 amide bonds. The molecule has 2 atom stereocenters. The quantitative estimate of drug-likeness (QED) is 0.705. The van der Waals surface area contributed by atoms with Crippen molar-refractivity contribution < 1.29 is 9.53 Å². The number of rotatable bonds is 7. The van der Waals surface area contributed by atoms with Crippen LogP contribution >= 0.6 is 0 Å². The third-order valence-electron chi connectivity index (χ3n) is 4.37. The van der Waals surface area contributed by atoms with Gasteiger partial charge in [0.15, 0.2) is 0 Å². The molecule has 0 aromatic carbocycles. The Hall–Kier alpha value is -0.650. The van der Waals surface area contributed by atoms with Gasteiger partial charge in [-0.1, -0.05) is 0 Å². The monoisotopic (exact) mass is 269 g/mol. The molecule has 5 nitrogen and oxygen atoms in total. The summed E-state index contributed by atoms with van der Waals surface area (Å²) in [6, 6.07) is 0.491. The average Bonchev–Trinajstić information content (AvgIpc) is 3.20. The fourth-order valence-corrected chi connectivity index (χ4v) is 2.74. The number of primary amides is 1. The van der Waals surface area contributed by atoms with E-state index >= 15 is 0 Å². The Labute approximate surface area is 115 Å². The molecule has 1 aliphatic heterocycles. The lowest BCUT2D eigenvalue weighted by atomic mass is 9.95. The Morgan fingerprint density at radius 1 is 1.47 bits per heavy atom. The van der Waals surface area contributed by atoms with Crippen LogP contribution in [0.4, 0.5) is 0 Å². The van der Waals surface area contributed by atoms with Crippen molar-refractivity contribution in [2.24, 2.45) is 5.73 Å². The van der Waals surface area contributed by atoms with Crippen molar-refractivity contribution in [3.8, 4) is 0 Å². The van der Waals surface area contributed by atoms with Crippen LogP contribution in [-0.2, 0) is 9.53 Å². The van der Waals surface area contributed by atoms with E-state index in [1.807, 2.05) is 6.92 Å². The second-order valence-electron chi connectivity index (χ2n) is 6.17. The highest BCUT2D eigenvalue weighted by molar-refractivity contribution is 5.84. The highest BCUT2D eigenvalue weighted by Gasteiger charge is 2.37. The van der Waals surface area contributed by atoms with Crippen LogP contribution < -0.4 is 11.1 Å². The number of likely N-dealkylation sites (tertiary alicyclic amines) is 1. The molecule has 2 fully saturated rings. The predicted octanol–water partition coefficient (Wildman–Crippen LogP) is 0.483. The first-order valence-corrected chi connectivity index (χ1v) is 7.36. The highest BCUT2D eigenvalue weighted by atomic mass is 16.5. The van der Waals surface area contributed by atoms with Gasteiger partial charge in [0.1, 0.15) is 0 Å². The summed E-state index contributed by atoms with van der Waals surface area (Å²) in [7, 11) is 1.77. The number of nitrogens with one attached hydrogen (secondary N) is 1. The zero-order valence-corrected chi connectivity index (χ0v) is 12.2. The molecule has 0 spiro atoms. The summed E-state index contributed by atoms with van der Waals surface area (Å²) in [6.07, 6.45) is 5.75. The summed E-state index contributed by atoms with van der Waals surface area (Å²) in [5.41, 5.74) is 5.00. The second-order valence-corrected chi connectivity index (χ2v) is 6.17. The summed E-state index contributed by atoms with van der Waals surface area (Å²) in [5.74, 6) is -0.236. The first-order chi connectivity index (χ1) is 9.03. The SMILES string of the molecule is COC1CCCN(CCC(C)(NC2CC2)C(N)=O)C1. The number of hydrogen-bond acceptors (Lipinski definition) is 4. The molecule has 0 radical (unpaired) electrons. The van der Waals surface area contributed by atoms with Gasteiger partial charge in [-0.15, -0.1) is 0 Å². The molecular formula is C14H27N3O2. The number of amides is 1. The van der Waals surface area contributed by atoms with Crippen LogP contribution in [-0.4, -0.2) is 55.2 Å². The molecule has 110 valence electrons. The van der Waals surface area contributed by atoms with E-state index in [1.165, 1.54) is 19.3 Å². The molecule has 1 saturated heterocycles. The molecule has 0 aromatic rings. The maximum absolute atomic E-state index is 11.7. The number of piperidine rings is 1. The normalized spacial score (nSPS) is 28.0. The number of ether oxygens (including phenoxy) is 1. The molecule has 2 unspecified atom stereocenters. The van der Waals surface area contributed by atoms with Crippen molar-refractivity contribution in [1.29, 1.82) is 0 Å². The van der Waals surface area contributed by atoms with Gasteiger partial charge in [0.25, 0.3) is 0 Å². The number of carbonyl (C=O) groups is 1. The lowest BCUT2D eigenvalue weighted by molar-refractivity contribution is -0.124. The number of methoxy groups -OCH3 is 1. The topological polar surface area (TPSA) is 67.6 Å². The van der Waals surface area contributed by atoms with Crippen LogP contribution in [0.2, 0.25) is 0 Å². The van der Waals surface area contributed by atoms with Crippen LogP contribution in [0.3, 0.4) is 0 Å². The van der Waals surface area contributed by atoms with Gasteiger partial charge < -0.3 is 20.7 Å². The molecular weight excluding hydrogens is 242 g/mol. The smallest absolute Gasteiger partial charge is 0.237 e. The molecule has 5 heteroatoms.